The Hall–Kier alpha value is -2.71. The van der Waals surface area contributed by atoms with Gasteiger partial charge in [0.15, 0.2) is 17.6 Å². The van der Waals surface area contributed by atoms with Crippen LogP contribution in [0.15, 0.2) is 48.5 Å². The molecule has 1 fully saturated rings. The van der Waals surface area contributed by atoms with Crippen molar-refractivity contribution in [2.45, 2.75) is 23.7 Å². The molecule has 3 atom stereocenters. The molecule has 7 nitrogen and oxygen atoms in total. The van der Waals surface area contributed by atoms with E-state index in [4.69, 9.17) is 9.47 Å². The number of aliphatic hydroxyl groups excluding tert-OH is 1. The Bertz CT molecular complexity index is 861. The summed E-state index contributed by atoms with van der Waals surface area (Å²) in [7, 11) is 3.08. The molecule has 0 radical (unpaired) electrons. The Morgan fingerprint density at radius 1 is 1.14 bits per heavy atom. The number of hydrogen-bond donors (Lipinski definition) is 2. The van der Waals surface area contributed by atoms with Crippen LogP contribution in [0.5, 0.6) is 11.5 Å². The van der Waals surface area contributed by atoms with E-state index in [1.165, 1.54) is 23.9 Å². The van der Waals surface area contributed by atoms with Crippen molar-refractivity contribution in [2.75, 3.05) is 14.2 Å². The molecule has 0 aromatic heterocycles. The summed E-state index contributed by atoms with van der Waals surface area (Å²) < 4.78 is 10.6. The van der Waals surface area contributed by atoms with Gasteiger partial charge in [0, 0.05) is 0 Å². The van der Waals surface area contributed by atoms with Crippen LogP contribution in [0.1, 0.15) is 29.5 Å². The van der Waals surface area contributed by atoms with E-state index in [0.717, 1.165) is 5.56 Å². The van der Waals surface area contributed by atoms with Gasteiger partial charge in [-0.05, 0) is 30.2 Å². The van der Waals surface area contributed by atoms with Gasteiger partial charge in [-0.3, -0.25) is 15.0 Å². The largest absolute Gasteiger partial charge is 0.493 e. The van der Waals surface area contributed by atoms with Gasteiger partial charge in [-0.1, -0.05) is 36.4 Å². The maximum absolute atomic E-state index is 12.6. The second-order valence-corrected chi connectivity index (χ2v) is 7.67. The first-order chi connectivity index (χ1) is 13.5. The lowest BCUT2D eigenvalue weighted by Gasteiger charge is -2.26. The molecule has 1 aliphatic heterocycles. The molecule has 3 unspecified atom stereocenters. The van der Waals surface area contributed by atoms with Gasteiger partial charge >= 0.3 is 0 Å². The predicted octanol–water partition coefficient (Wildman–Crippen LogP) is 2.43. The van der Waals surface area contributed by atoms with Crippen LogP contribution in [-0.4, -0.2) is 41.4 Å². The van der Waals surface area contributed by atoms with Crippen molar-refractivity contribution in [3.63, 3.8) is 0 Å². The zero-order chi connectivity index (χ0) is 20.3. The summed E-state index contributed by atoms with van der Waals surface area (Å²) in [5, 5.41) is 10.8. The summed E-state index contributed by atoms with van der Waals surface area (Å²) in [5.74, 6) is 0.199. The number of hydrazine groups is 1. The van der Waals surface area contributed by atoms with Crippen molar-refractivity contribution in [3.8, 4) is 11.5 Å². The fourth-order valence-corrected chi connectivity index (χ4v) is 4.14. The zero-order valence-electron chi connectivity index (χ0n) is 15.8. The lowest BCUT2D eigenvalue weighted by molar-refractivity contribution is -0.144. The van der Waals surface area contributed by atoms with Gasteiger partial charge in [0.1, 0.15) is 5.37 Å². The highest BCUT2D eigenvalue weighted by atomic mass is 32.2. The van der Waals surface area contributed by atoms with Crippen LogP contribution in [0.4, 0.5) is 0 Å². The number of benzene rings is 2. The lowest BCUT2D eigenvalue weighted by Crippen LogP contribution is -2.47. The highest BCUT2D eigenvalue weighted by molar-refractivity contribution is 8.01. The molecule has 2 amide bonds. The van der Waals surface area contributed by atoms with E-state index in [1.807, 2.05) is 6.07 Å². The molecular weight excluding hydrogens is 380 g/mol. The summed E-state index contributed by atoms with van der Waals surface area (Å²) in [6.07, 6.45) is -1.37. The number of nitrogens with zero attached hydrogens (tertiary/aromatic N) is 1. The minimum Gasteiger partial charge on any atom is -0.493 e. The number of thioether (sulfide) groups is 1. The first-order valence-corrected chi connectivity index (χ1v) is 9.64. The number of hydrogen-bond acceptors (Lipinski definition) is 6. The highest BCUT2D eigenvalue weighted by Crippen LogP contribution is 2.44. The number of methoxy groups -OCH3 is 2. The van der Waals surface area contributed by atoms with Crippen LogP contribution in [0, 0.1) is 0 Å². The second-order valence-electron chi connectivity index (χ2n) is 6.24. The first kappa shape index (κ1) is 20.0. The zero-order valence-corrected chi connectivity index (χ0v) is 16.6. The van der Waals surface area contributed by atoms with Gasteiger partial charge in [-0.25, -0.2) is 5.01 Å². The van der Waals surface area contributed by atoms with Gasteiger partial charge in [0.25, 0.3) is 11.8 Å². The molecule has 2 aromatic rings. The average molecular weight is 402 g/mol. The smallest absolute Gasteiger partial charge is 0.272 e. The van der Waals surface area contributed by atoms with Gasteiger partial charge in [-0.2, -0.15) is 0 Å². The standard InChI is InChI=1S/C20H22N2O5S/c1-12-19(25)22(21-18(24)17(23)13-7-5-4-6-8-13)20(28-12)14-9-10-15(26-2)16(11-14)27-3/h4-12,17,20,23H,1-3H3,(H,21,24). The van der Waals surface area contributed by atoms with Gasteiger partial charge in [-0.15, -0.1) is 11.8 Å². The number of nitrogens with one attached hydrogen (secondary N) is 1. The molecule has 1 saturated heterocycles. The third kappa shape index (κ3) is 3.93. The summed E-state index contributed by atoms with van der Waals surface area (Å²) in [6, 6.07) is 13.9. The third-order valence-corrected chi connectivity index (χ3v) is 5.79. The molecule has 0 saturated carbocycles. The lowest BCUT2D eigenvalue weighted by atomic mass is 10.1. The monoisotopic (exact) mass is 402 g/mol. The van der Waals surface area contributed by atoms with E-state index in [0.29, 0.717) is 17.1 Å². The maximum atomic E-state index is 12.6. The average Bonchev–Trinajstić information content (AvgIpc) is 3.01. The molecule has 0 bridgehead atoms. The Balaban J connectivity index is 1.84. The summed E-state index contributed by atoms with van der Waals surface area (Å²) >= 11 is 1.40. The normalized spacial score (nSPS) is 20.0. The molecule has 2 N–H and O–H groups in total. The molecule has 148 valence electrons. The SMILES string of the molecule is COc1ccc(C2SC(C)C(=O)N2NC(=O)C(O)c2ccccc2)cc1OC. The van der Waals surface area contributed by atoms with Crippen LogP contribution >= 0.6 is 11.8 Å². The van der Waals surface area contributed by atoms with E-state index in [2.05, 4.69) is 5.43 Å². The van der Waals surface area contributed by atoms with E-state index in [1.54, 1.807) is 56.5 Å². The molecule has 8 heteroatoms. The molecule has 3 rings (SSSR count). The molecule has 1 aliphatic rings. The topological polar surface area (TPSA) is 88.1 Å². The van der Waals surface area contributed by atoms with E-state index in [9.17, 15) is 14.7 Å². The molecular formula is C20H22N2O5S. The van der Waals surface area contributed by atoms with Gasteiger partial charge in [0.05, 0.1) is 19.5 Å². The minimum atomic E-state index is -1.37. The molecule has 1 heterocycles. The van der Waals surface area contributed by atoms with Crippen molar-refractivity contribution in [1.29, 1.82) is 0 Å². The molecule has 2 aromatic carbocycles. The quantitative estimate of drug-likeness (QED) is 0.772. The highest BCUT2D eigenvalue weighted by Gasteiger charge is 2.40. The van der Waals surface area contributed by atoms with Gasteiger partial charge < -0.3 is 14.6 Å². The van der Waals surface area contributed by atoms with Crippen LogP contribution in [-0.2, 0) is 9.59 Å². The Labute approximate surface area is 167 Å². The van der Waals surface area contributed by atoms with Crippen LogP contribution in [0.25, 0.3) is 0 Å². The predicted molar refractivity (Wildman–Crippen MR) is 106 cm³/mol. The fourth-order valence-electron chi connectivity index (χ4n) is 2.94. The van der Waals surface area contributed by atoms with Crippen molar-refractivity contribution in [3.05, 3.63) is 59.7 Å². The minimum absolute atomic E-state index is 0.238. The summed E-state index contributed by atoms with van der Waals surface area (Å²) in [4.78, 5) is 25.2. The van der Waals surface area contributed by atoms with E-state index in [-0.39, 0.29) is 11.2 Å². The number of carbonyl (C=O) groups excluding carboxylic acids is 2. The van der Waals surface area contributed by atoms with Crippen molar-refractivity contribution >= 4 is 23.6 Å². The van der Waals surface area contributed by atoms with E-state index < -0.39 is 17.4 Å². The van der Waals surface area contributed by atoms with Crippen LogP contribution in [0.2, 0.25) is 0 Å². The number of ether oxygens (including phenoxy) is 2. The number of carbonyl (C=O) groups is 2. The van der Waals surface area contributed by atoms with Crippen LogP contribution in [0.3, 0.4) is 0 Å². The van der Waals surface area contributed by atoms with E-state index >= 15 is 0 Å². The first-order valence-electron chi connectivity index (χ1n) is 8.70. The van der Waals surface area contributed by atoms with Crippen molar-refractivity contribution in [1.82, 2.24) is 10.4 Å². The summed E-state index contributed by atoms with van der Waals surface area (Å²) in [6.45, 7) is 1.78. The van der Waals surface area contributed by atoms with Crippen molar-refractivity contribution in [2.24, 2.45) is 0 Å². The van der Waals surface area contributed by atoms with Crippen LogP contribution < -0.4 is 14.9 Å². The third-order valence-electron chi connectivity index (χ3n) is 4.44. The maximum Gasteiger partial charge on any atom is 0.272 e. The molecule has 0 spiro atoms. The fraction of sp³-hybridized carbons (Fsp3) is 0.300. The molecule has 28 heavy (non-hydrogen) atoms. The molecule has 0 aliphatic carbocycles. The summed E-state index contributed by atoms with van der Waals surface area (Å²) in [5.41, 5.74) is 3.80. The Morgan fingerprint density at radius 2 is 1.82 bits per heavy atom. The Morgan fingerprint density at radius 3 is 2.46 bits per heavy atom. The Kier molecular flexibility index (Phi) is 6.11. The second kappa shape index (κ2) is 8.53. The number of aliphatic hydroxyl groups is 1. The number of rotatable bonds is 6. The van der Waals surface area contributed by atoms with Gasteiger partial charge in [0.2, 0.25) is 0 Å². The number of amides is 2. The van der Waals surface area contributed by atoms with Crippen molar-refractivity contribution < 1.29 is 24.2 Å².